The molecule has 0 radical (unpaired) electrons. The maximum atomic E-state index is 12.4. The largest absolute Gasteiger partial charge is 0.486 e. The molecule has 1 aliphatic rings. The first-order valence-corrected chi connectivity index (χ1v) is 8.80. The van der Waals surface area contributed by atoms with Gasteiger partial charge in [-0.3, -0.25) is 9.59 Å². The highest BCUT2D eigenvalue weighted by molar-refractivity contribution is 6.31. The minimum Gasteiger partial charge on any atom is -0.486 e. The van der Waals surface area contributed by atoms with Crippen LogP contribution >= 0.6 is 11.6 Å². The molecule has 2 aromatic carbocycles. The highest BCUT2D eigenvalue weighted by Gasteiger charge is 2.22. The SMILES string of the molecule is C=CC(=O)NCC(=O)NC(c1ccc2c(c1)OCCO2)c1ccccc1Cl. The molecule has 1 atom stereocenters. The standard InChI is InChI=1S/C20H19ClN2O4/c1-2-18(24)22-12-19(25)23-20(14-5-3-4-6-15(14)21)13-7-8-16-17(11-13)27-10-9-26-16/h2-8,11,20H,1,9-10,12H2,(H,22,24)(H,23,25). The van der Waals surface area contributed by atoms with E-state index in [-0.39, 0.29) is 12.5 Å². The lowest BCUT2D eigenvalue weighted by atomic mass is 9.98. The zero-order chi connectivity index (χ0) is 19.2. The second-order valence-corrected chi connectivity index (χ2v) is 6.25. The molecule has 0 spiro atoms. The Morgan fingerprint density at radius 3 is 2.63 bits per heavy atom. The fraction of sp³-hybridized carbons (Fsp3) is 0.200. The van der Waals surface area contributed by atoms with Crippen LogP contribution in [0.5, 0.6) is 11.5 Å². The maximum Gasteiger partial charge on any atom is 0.243 e. The summed E-state index contributed by atoms with van der Waals surface area (Å²) in [5.41, 5.74) is 1.52. The van der Waals surface area contributed by atoms with Crippen molar-refractivity contribution < 1.29 is 19.1 Å². The molecule has 0 bridgehead atoms. The number of nitrogens with one attached hydrogen (secondary N) is 2. The van der Waals surface area contributed by atoms with Gasteiger partial charge in [0.2, 0.25) is 11.8 Å². The van der Waals surface area contributed by atoms with Crippen molar-refractivity contribution in [1.82, 2.24) is 10.6 Å². The first-order valence-electron chi connectivity index (χ1n) is 8.42. The van der Waals surface area contributed by atoms with Crippen molar-refractivity contribution in [2.75, 3.05) is 19.8 Å². The summed E-state index contributed by atoms with van der Waals surface area (Å²) in [4.78, 5) is 23.7. The number of ether oxygens (including phenoxy) is 2. The zero-order valence-corrected chi connectivity index (χ0v) is 15.3. The van der Waals surface area contributed by atoms with Crippen molar-refractivity contribution in [1.29, 1.82) is 0 Å². The van der Waals surface area contributed by atoms with Gasteiger partial charge in [-0.1, -0.05) is 42.4 Å². The third-order valence-corrected chi connectivity index (χ3v) is 4.37. The minimum atomic E-state index is -0.511. The van der Waals surface area contributed by atoms with Crippen LogP contribution in [0.1, 0.15) is 17.2 Å². The van der Waals surface area contributed by atoms with E-state index in [1.54, 1.807) is 12.1 Å². The van der Waals surface area contributed by atoms with E-state index in [0.717, 1.165) is 17.2 Å². The van der Waals surface area contributed by atoms with E-state index in [1.165, 1.54) is 0 Å². The van der Waals surface area contributed by atoms with Gasteiger partial charge in [-0.05, 0) is 35.4 Å². The van der Waals surface area contributed by atoms with Crippen molar-refractivity contribution in [3.05, 3.63) is 71.3 Å². The molecule has 27 heavy (non-hydrogen) atoms. The Morgan fingerprint density at radius 1 is 1.15 bits per heavy atom. The average molecular weight is 387 g/mol. The van der Waals surface area contributed by atoms with E-state index in [2.05, 4.69) is 17.2 Å². The van der Waals surface area contributed by atoms with Crippen LogP contribution in [0.3, 0.4) is 0 Å². The molecule has 0 aromatic heterocycles. The molecular weight excluding hydrogens is 368 g/mol. The topological polar surface area (TPSA) is 76.7 Å². The van der Waals surface area contributed by atoms with Gasteiger partial charge in [0.25, 0.3) is 0 Å². The monoisotopic (exact) mass is 386 g/mol. The number of rotatable bonds is 6. The van der Waals surface area contributed by atoms with Crippen molar-refractivity contribution in [2.45, 2.75) is 6.04 Å². The molecule has 2 aromatic rings. The van der Waals surface area contributed by atoms with Gasteiger partial charge >= 0.3 is 0 Å². The van der Waals surface area contributed by atoms with Gasteiger partial charge in [0.1, 0.15) is 13.2 Å². The summed E-state index contributed by atoms with van der Waals surface area (Å²) in [5, 5.41) is 5.89. The Kier molecular flexibility index (Phi) is 5.98. The smallest absolute Gasteiger partial charge is 0.243 e. The van der Waals surface area contributed by atoms with E-state index in [1.807, 2.05) is 30.3 Å². The van der Waals surface area contributed by atoms with Crippen LogP contribution in [0.25, 0.3) is 0 Å². The molecule has 1 aliphatic heterocycles. The van der Waals surface area contributed by atoms with Gasteiger partial charge in [-0.25, -0.2) is 0 Å². The third kappa shape index (κ3) is 4.60. The molecule has 0 aliphatic carbocycles. The Balaban J connectivity index is 1.88. The van der Waals surface area contributed by atoms with Crippen LogP contribution in [0.15, 0.2) is 55.1 Å². The van der Waals surface area contributed by atoms with Crippen molar-refractivity contribution in [3.8, 4) is 11.5 Å². The maximum absolute atomic E-state index is 12.4. The number of carbonyl (C=O) groups is 2. The number of benzene rings is 2. The second-order valence-electron chi connectivity index (χ2n) is 5.85. The normalized spacial score (nSPS) is 13.4. The number of hydrogen-bond donors (Lipinski definition) is 2. The lowest BCUT2D eigenvalue weighted by Crippen LogP contribution is -2.38. The molecule has 140 valence electrons. The molecule has 2 amide bonds. The lowest BCUT2D eigenvalue weighted by molar-refractivity contribution is -0.124. The van der Waals surface area contributed by atoms with Crippen LogP contribution < -0.4 is 20.1 Å². The zero-order valence-electron chi connectivity index (χ0n) is 14.5. The predicted molar refractivity (Wildman–Crippen MR) is 102 cm³/mol. The number of carbonyl (C=O) groups excluding carboxylic acids is 2. The van der Waals surface area contributed by atoms with E-state index < -0.39 is 11.9 Å². The lowest BCUT2D eigenvalue weighted by Gasteiger charge is -2.24. The Morgan fingerprint density at radius 2 is 1.89 bits per heavy atom. The summed E-state index contributed by atoms with van der Waals surface area (Å²) in [5.74, 6) is 0.501. The van der Waals surface area contributed by atoms with E-state index in [0.29, 0.717) is 29.7 Å². The Hall–Kier alpha value is -2.99. The van der Waals surface area contributed by atoms with Crippen LogP contribution in [-0.2, 0) is 9.59 Å². The summed E-state index contributed by atoms with van der Waals surface area (Å²) < 4.78 is 11.2. The summed E-state index contributed by atoms with van der Waals surface area (Å²) in [6.45, 7) is 4.16. The van der Waals surface area contributed by atoms with Gasteiger partial charge in [-0.2, -0.15) is 0 Å². The third-order valence-electron chi connectivity index (χ3n) is 4.03. The van der Waals surface area contributed by atoms with Crippen molar-refractivity contribution in [2.24, 2.45) is 0 Å². The molecule has 2 N–H and O–H groups in total. The Bertz CT molecular complexity index is 869. The quantitative estimate of drug-likeness (QED) is 0.748. The fourth-order valence-corrected chi connectivity index (χ4v) is 2.99. The van der Waals surface area contributed by atoms with Crippen LogP contribution in [0.4, 0.5) is 0 Å². The van der Waals surface area contributed by atoms with Gasteiger partial charge in [0.05, 0.1) is 12.6 Å². The fourth-order valence-electron chi connectivity index (χ4n) is 2.74. The molecule has 7 heteroatoms. The van der Waals surface area contributed by atoms with E-state index in [4.69, 9.17) is 21.1 Å². The van der Waals surface area contributed by atoms with Crippen LogP contribution in [0.2, 0.25) is 5.02 Å². The summed E-state index contributed by atoms with van der Waals surface area (Å²) >= 11 is 6.36. The van der Waals surface area contributed by atoms with Gasteiger partial charge < -0.3 is 20.1 Å². The second kappa shape index (κ2) is 8.60. The molecule has 1 unspecified atom stereocenters. The van der Waals surface area contributed by atoms with Gasteiger partial charge in [0.15, 0.2) is 11.5 Å². The number of amides is 2. The molecule has 0 saturated heterocycles. The molecule has 6 nitrogen and oxygen atoms in total. The van der Waals surface area contributed by atoms with Crippen molar-refractivity contribution in [3.63, 3.8) is 0 Å². The molecule has 3 rings (SSSR count). The number of halogens is 1. The van der Waals surface area contributed by atoms with Crippen molar-refractivity contribution >= 4 is 23.4 Å². The van der Waals surface area contributed by atoms with Crippen LogP contribution in [0, 0.1) is 0 Å². The molecule has 1 heterocycles. The number of fused-ring (bicyclic) bond motifs is 1. The highest BCUT2D eigenvalue weighted by Crippen LogP contribution is 2.35. The molecular formula is C20H19ClN2O4. The molecule has 0 fully saturated rings. The summed E-state index contributed by atoms with van der Waals surface area (Å²) in [6.07, 6.45) is 1.11. The predicted octanol–water partition coefficient (Wildman–Crippen LogP) is 2.62. The average Bonchev–Trinajstić information content (AvgIpc) is 2.70. The first-order chi connectivity index (χ1) is 13.1. The van der Waals surface area contributed by atoms with E-state index in [9.17, 15) is 9.59 Å². The molecule has 0 saturated carbocycles. The van der Waals surface area contributed by atoms with E-state index >= 15 is 0 Å². The summed E-state index contributed by atoms with van der Waals surface area (Å²) in [7, 11) is 0. The van der Waals surface area contributed by atoms with Gasteiger partial charge in [0, 0.05) is 5.02 Å². The highest BCUT2D eigenvalue weighted by atomic mass is 35.5. The first kappa shape index (κ1) is 18.8. The Labute approximate surface area is 162 Å². The minimum absolute atomic E-state index is 0.170. The van der Waals surface area contributed by atoms with Crippen LogP contribution in [-0.4, -0.2) is 31.6 Å². The number of hydrogen-bond acceptors (Lipinski definition) is 4. The van der Waals surface area contributed by atoms with Gasteiger partial charge in [-0.15, -0.1) is 0 Å². The summed E-state index contributed by atoms with van der Waals surface area (Å²) in [6, 6.07) is 12.2.